The highest BCUT2D eigenvalue weighted by atomic mass is 14.8. The van der Waals surface area contributed by atoms with Gasteiger partial charge in [0.05, 0.1) is 0 Å². The van der Waals surface area contributed by atoms with Crippen molar-refractivity contribution in [2.45, 2.75) is 51.5 Å². The molecule has 1 saturated carbocycles. The lowest BCUT2D eigenvalue weighted by atomic mass is 9.76. The molecule has 3 heteroatoms. The van der Waals surface area contributed by atoms with Crippen LogP contribution in [0, 0.1) is 11.8 Å². The topological polar surface area (TPSA) is 64.9 Å². The average molecular weight is 247 g/mol. The van der Waals surface area contributed by atoms with Gasteiger partial charge >= 0.3 is 0 Å². The van der Waals surface area contributed by atoms with Crippen molar-refractivity contribution in [3.63, 3.8) is 0 Å². The SMILES string of the molecule is CCC1CCC(C(N)Cc2cccnc2N)CC1. The van der Waals surface area contributed by atoms with Crippen molar-refractivity contribution in [3.8, 4) is 0 Å². The van der Waals surface area contributed by atoms with Crippen LogP contribution >= 0.6 is 0 Å². The Morgan fingerprint density at radius 3 is 2.67 bits per heavy atom. The number of nitrogens with two attached hydrogens (primary N) is 2. The van der Waals surface area contributed by atoms with Crippen LogP contribution in [-0.4, -0.2) is 11.0 Å². The van der Waals surface area contributed by atoms with E-state index in [1.165, 1.54) is 32.1 Å². The van der Waals surface area contributed by atoms with Crippen molar-refractivity contribution in [2.24, 2.45) is 17.6 Å². The van der Waals surface area contributed by atoms with Gasteiger partial charge in [-0.15, -0.1) is 0 Å². The van der Waals surface area contributed by atoms with Crippen molar-refractivity contribution < 1.29 is 0 Å². The zero-order valence-electron chi connectivity index (χ0n) is 11.3. The highest BCUT2D eigenvalue weighted by Gasteiger charge is 2.25. The largest absolute Gasteiger partial charge is 0.383 e. The molecule has 3 nitrogen and oxygen atoms in total. The summed E-state index contributed by atoms with van der Waals surface area (Å²) in [5, 5.41) is 0. The Morgan fingerprint density at radius 1 is 1.33 bits per heavy atom. The summed E-state index contributed by atoms with van der Waals surface area (Å²) in [6, 6.07) is 4.21. The van der Waals surface area contributed by atoms with Gasteiger partial charge in [0, 0.05) is 12.2 Å². The molecule has 1 unspecified atom stereocenters. The van der Waals surface area contributed by atoms with Crippen LogP contribution in [0.2, 0.25) is 0 Å². The van der Waals surface area contributed by atoms with E-state index in [1.54, 1.807) is 6.20 Å². The Bertz CT molecular complexity index is 370. The van der Waals surface area contributed by atoms with Crippen LogP contribution in [0.4, 0.5) is 5.82 Å². The van der Waals surface area contributed by atoms with Crippen LogP contribution < -0.4 is 11.5 Å². The normalized spacial score (nSPS) is 25.9. The van der Waals surface area contributed by atoms with Gasteiger partial charge in [-0.25, -0.2) is 4.98 Å². The first-order chi connectivity index (χ1) is 8.70. The van der Waals surface area contributed by atoms with E-state index >= 15 is 0 Å². The summed E-state index contributed by atoms with van der Waals surface area (Å²) in [7, 11) is 0. The van der Waals surface area contributed by atoms with Crippen LogP contribution in [-0.2, 0) is 6.42 Å². The van der Waals surface area contributed by atoms with Gasteiger partial charge < -0.3 is 11.5 Å². The Labute approximate surface area is 110 Å². The van der Waals surface area contributed by atoms with Crippen molar-refractivity contribution in [2.75, 3.05) is 5.73 Å². The van der Waals surface area contributed by atoms with Crippen molar-refractivity contribution in [1.29, 1.82) is 0 Å². The smallest absolute Gasteiger partial charge is 0.126 e. The standard InChI is InChI=1S/C15H25N3/c1-2-11-5-7-12(8-6-11)14(16)10-13-4-3-9-18-15(13)17/h3-4,9,11-12,14H,2,5-8,10,16H2,1H3,(H2,17,18). The fourth-order valence-electron chi connectivity index (χ4n) is 3.07. The highest BCUT2D eigenvalue weighted by Crippen LogP contribution is 2.32. The molecule has 0 spiro atoms. The third kappa shape index (κ3) is 3.22. The Hall–Kier alpha value is -1.09. The third-order valence-electron chi connectivity index (χ3n) is 4.46. The molecule has 2 rings (SSSR count). The van der Waals surface area contributed by atoms with Crippen molar-refractivity contribution >= 4 is 5.82 Å². The Morgan fingerprint density at radius 2 is 2.06 bits per heavy atom. The number of nitrogens with zero attached hydrogens (tertiary/aromatic N) is 1. The maximum Gasteiger partial charge on any atom is 0.126 e. The maximum absolute atomic E-state index is 6.35. The van der Waals surface area contributed by atoms with Crippen LogP contribution in [0.15, 0.2) is 18.3 Å². The highest BCUT2D eigenvalue weighted by molar-refractivity contribution is 5.38. The number of anilines is 1. The fourth-order valence-corrected chi connectivity index (χ4v) is 3.07. The van der Waals surface area contributed by atoms with E-state index in [-0.39, 0.29) is 6.04 Å². The molecule has 0 aromatic carbocycles. The molecule has 0 aliphatic heterocycles. The molecular weight excluding hydrogens is 222 g/mol. The lowest BCUT2D eigenvalue weighted by Crippen LogP contribution is -2.35. The van der Waals surface area contributed by atoms with Crippen LogP contribution in [0.3, 0.4) is 0 Å². The fraction of sp³-hybridized carbons (Fsp3) is 0.667. The van der Waals surface area contributed by atoms with E-state index < -0.39 is 0 Å². The molecule has 0 bridgehead atoms. The van der Waals surface area contributed by atoms with Gasteiger partial charge in [-0.05, 0) is 42.7 Å². The molecule has 1 atom stereocenters. The molecule has 18 heavy (non-hydrogen) atoms. The van der Waals surface area contributed by atoms with E-state index in [0.717, 1.165) is 17.9 Å². The summed E-state index contributed by atoms with van der Waals surface area (Å²) in [6.45, 7) is 2.29. The maximum atomic E-state index is 6.35. The minimum Gasteiger partial charge on any atom is -0.383 e. The van der Waals surface area contributed by atoms with E-state index in [9.17, 15) is 0 Å². The number of hydrogen-bond donors (Lipinski definition) is 2. The molecule has 1 heterocycles. The molecule has 1 aromatic heterocycles. The predicted molar refractivity (Wildman–Crippen MR) is 76.1 cm³/mol. The van der Waals surface area contributed by atoms with Gasteiger partial charge in [0.25, 0.3) is 0 Å². The molecule has 0 amide bonds. The monoisotopic (exact) mass is 247 g/mol. The minimum absolute atomic E-state index is 0.231. The van der Waals surface area contributed by atoms with Crippen LogP contribution in [0.5, 0.6) is 0 Å². The molecule has 1 aliphatic rings. The summed E-state index contributed by atoms with van der Waals surface area (Å²) >= 11 is 0. The van der Waals surface area contributed by atoms with Crippen LogP contribution in [0.25, 0.3) is 0 Å². The minimum atomic E-state index is 0.231. The van der Waals surface area contributed by atoms with E-state index in [0.29, 0.717) is 11.7 Å². The number of nitrogen functional groups attached to an aromatic ring is 1. The lowest BCUT2D eigenvalue weighted by molar-refractivity contribution is 0.238. The zero-order chi connectivity index (χ0) is 13.0. The van der Waals surface area contributed by atoms with Crippen molar-refractivity contribution in [1.82, 2.24) is 4.98 Å². The summed E-state index contributed by atoms with van der Waals surface area (Å²) < 4.78 is 0. The Balaban J connectivity index is 1.89. The molecular formula is C15H25N3. The van der Waals surface area contributed by atoms with Gasteiger partial charge in [-0.3, -0.25) is 0 Å². The second-order valence-corrected chi connectivity index (χ2v) is 5.60. The first-order valence-electron chi connectivity index (χ1n) is 7.15. The number of rotatable bonds is 4. The van der Waals surface area contributed by atoms with Gasteiger partial charge in [0.2, 0.25) is 0 Å². The van der Waals surface area contributed by atoms with Crippen molar-refractivity contribution in [3.05, 3.63) is 23.9 Å². The summed E-state index contributed by atoms with van der Waals surface area (Å²) in [5.74, 6) is 2.22. The second-order valence-electron chi connectivity index (χ2n) is 5.60. The van der Waals surface area contributed by atoms with E-state index in [2.05, 4.69) is 11.9 Å². The van der Waals surface area contributed by atoms with Gasteiger partial charge in [-0.1, -0.05) is 32.3 Å². The van der Waals surface area contributed by atoms with E-state index in [1.807, 2.05) is 12.1 Å². The van der Waals surface area contributed by atoms with Gasteiger partial charge in [0.15, 0.2) is 0 Å². The average Bonchev–Trinajstić information content (AvgIpc) is 2.41. The molecule has 0 saturated heterocycles. The lowest BCUT2D eigenvalue weighted by Gasteiger charge is -2.31. The number of pyridine rings is 1. The molecule has 100 valence electrons. The predicted octanol–water partition coefficient (Wildman–Crippen LogP) is 2.75. The third-order valence-corrected chi connectivity index (χ3v) is 4.46. The first kappa shape index (κ1) is 13.3. The Kier molecular flexibility index (Phi) is 4.59. The van der Waals surface area contributed by atoms with E-state index in [4.69, 9.17) is 11.5 Å². The van der Waals surface area contributed by atoms with Gasteiger partial charge in [-0.2, -0.15) is 0 Å². The quantitative estimate of drug-likeness (QED) is 0.860. The van der Waals surface area contributed by atoms with Gasteiger partial charge in [0.1, 0.15) is 5.82 Å². The van der Waals surface area contributed by atoms with Crippen LogP contribution in [0.1, 0.15) is 44.6 Å². The summed E-state index contributed by atoms with van der Waals surface area (Å²) in [5.41, 5.74) is 13.3. The summed E-state index contributed by atoms with van der Waals surface area (Å²) in [4.78, 5) is 4.12. The number of aromatic nitrogens is 1. The second kappa shape index (κ2) is 6.19. The first-order valence-corrected chi connectivity index (χ1v) is 7.15. The summed E-state index contributed by atoms with van der Waals surface area (Å²) in [6.07, 6.45) is 9.16. The molecule has 1 aliphatic carbocycles. The molecule has 4 N–H and O–H groups in total. The molecule has 1 fully saturated rings. The molecule has 0 radical (unpaired) electrons. The zero-order valence-corrected chi connectivity index (χ0v) is 11.3. The number of hydrogen-bond acceptors (Lipinski definition) is 3. The molecule has 1 aromatic rings.